The second-order valence-electron chi connectivity index (χ2n) is 13.1. The van der Waals surface area contributed by atoms with Crippen molar-refractivity contribution in [2.24, 2.45) is 0 Å². The number of rotatable bonds is 4. The van der Waals surface area contributed by atoms with Crippen LogP contribution in [0, 0.1) is 17.9 Å². The van der Waals surface area contributed by atoms with Crippen LogP contribution in [0.25, 0.3) is 104 Å². The molecule has 0 aliphatic carbocycles. The Morgan fingerprint density at radius 2 is 1.09 bits per heavy atom. The number of benzene rings is 8. The first-order valence-electron chi connectivity index (χ1n) is 21.2. The lowest BCUT2D eigenvalue weighted by Gasteiger charge is -2.25. The van der Waals surface area contributed by atoms with Crippen LogP contribution >= 0.6 is 0 Å². The Morgan fingerprint density at radius 3 is 1.74 bits per heavy atom. The molecule has 0 unspecified atom stereocenters. The molecule has 5 nitrogen and oxygen atoms in total. The monoisotopic (exact) mass is 693 g/mol. The Hall–Kier alpha value is -7.73. The molecule has 0 aliphatic rings. The van der Waals surface area contributed by atoms with E-state index in [1.165, 1.54) is 4.57 Å². The minimum absolute atomic E-state index is 0.0413. The van der Waals surface area contributed by atoms with Crippen LogP contribution in [0.2, 0.25) is 0 Å². The first kappa shape index (κ1) is 23.0. The number of fused-ring (bicyclic) bond motifs is 6. The predicted molar refractivity (Wildman–Crippen MR) is 221 cm³/mol. The Balaban J connectivity index is 1.51. The van der Waals surface area contributed by atoms with Gasteiger partial charge in [-0.15, -0.1) is 0 Å². The van der Waals surface area contributed by atoms with Crippen molar-refractivity contribution in [3.8, 4) is 39.7 Å². The largest absolute Gasteiger partial charge is 0.317 e. The zero-order chi connectivity index (χ0) is 42.9. The summed E-state index contributed by atoms with van der Waals surface area (Å²) < 4.78 is 75.9. The summed E-state index contributed by atoms with van der Waals surface area (Å²) in [5, 5.41) is 17.1. The van der Waals surface area contributed by atoms with E-state index in [0.717, 1.165) is 37.8 Å². The molecule has 0 aliphatic heterocycles. The molecule has 0 spiro atoms. The van der Waals surface area contributed by atoms with Crippen molar-refractivity contribution < 1.29 is 11.0 Å². The Bertz CT molecular complexity index is 3700. The van der Waals surface area contributed by atoms with Crippen LogP contribution in [0.5, 0.6) is 0 Å². The van der Waals surface area contributed by atoms with Crippen molar-refractivity contribution in [1.82, 2.24) is 14.1 Å². The van der Waals surface area contributed by atoms with Crippen molar-refractivity contribution in [1.29, 1.82) is 5.26 Å². The van der Waals surface area contributed by atoms with E-state index in [2.05, 4.69) is 29.1 Å². The maximum Gasteiger partial charge on any atom is 0.220 e. The van der Waals surface area contributed by atoms with Gasteiger partial charge in [0.15, 0.2) is 0 Å². The number of hydrogen-bond donors (Lipinski definition) is 0. The minimum atomic E-state index is -0.589. The number of nitrogens with zero attached hydrogens (tertiary/aromatic N) is 5. The molecule has 0 N–H and O–H groups in total. The summed E-state index contributed by atoms with van der Waals surface area (Å²) in [5.41, 5.74) is 3.21. The second kappa shape index (κ2) is 11.4. The molecule has 0 saturated heterocycles. The zero-order valence-electron chi connectivity index (χ0n) is 36.2. The molecule has 0 fully saturated rings. The van der Waals surface area contributed by atoms with Gasteiger partial charge in [-0.05, 0) is 45.4 Å². The number of aromatic nitrogens is 3. The van der Waals surface area contributed by atoms with Gasteiger partial charge in [0.25, 0.3) is 0 Å². The molecule has 8 aromatic carbocycles. The van der Waals surface area contributed by atoms with Gasteiger partial charge in [-0.25, -0.2) is 4.85 Å². The molecule has 0 saturated carbocycles. The predicted octanol–water partition coefficient (Wildman–Crippen LogP) is 12.8. The van der Waals surface area contributed by atoms with Crippen molar-refractivity contribution in [3.63, 3.8) is 0 Å². The SMILES string of the molecule is [2H]c1c([2H])c([2H])c2c(c1[2H])c1c([2H])c([2H])c([2H])c([2H])c1n2-c1c(C#N)c(-c2ccccc2)c([N+]#[C-])c(-n2c3cccc4c5ccccc5c5cncc2c5c43)c1-c1ccccc1. The summed E-state index contributed by atoms with van der Waals surface area (Å²) in [6.07, 6.45) is 3.60. The molecule has 248 valence electrons. The lowest BCUT2D eigenvalue weighted by atomic mass is 9.88. The van der Waals surface area contributed by atoms with Crippen molar-refractivity contribution in [2.75, 3.05) is 0 Å². The quantitative estimate of drug-likeness (QED) is 0.136. The highest BCUT2D eigenvalue weighted by Gasteiger charge is 2.32. The number of para-hydroxylation sites is 2. The molecular weight excluding hydrogens is 659 g/mol. The summed E-state index contributed by atoms with van der Waals surface area (Å²) in [7, 11) is 0. The van der Waals surface area contributed by atoms with Crippen molar-refractivity contribution in [3.05, 3.63) is 181 Å². The van der Waals surface area contributed by atoms with E-state index < -0.39 is 48.3 Å². The molecule has 5 heteroatoms. The van der Waals surface area contributed by atoms with Gasteiger partial charge in [0.1, 0.15) is 6.07 Å². The standard InChI is InChI=1S/C49H27N5/c1-51-47-43(30-15-4-2-5-16-30)37(27-50)48(53-39-24-12-10-21-34(39)35-22-11-13-25-40(35)53)44(31-17-6-3-7-18-31)49(47)54-41-26-14-23-36-32-19-8-9-20-33(32)38-28-52-29-42(54)46(38)45(36)41/h2-26,28-29H/i10D,11D,12D,13D,21D,22D,24D,25D. The van der Waals surface area contributed by atoms with E-state index in [1.807, 2.05) is 71.4 Å². The van der Waals surface area contributed by atoms with Gasteiger partial charge in [0.05, 0.1) is 62.7 Å². The average molecular weight is 694 g/mol. The minimum Gasteiger partial charge on any atom is -0.317 e. The lowest BCUT2D eigenvalue weighted by Crippen LogP contribution is -2.08. The molecule has 0 atom stereocenters. The van der Waals surface area contributed by atoms with Crippen LogP contribution < -0.4 is 0 Å². The van der Waals surface area contributed by atoms with E-state index in [-0.39, 0.29) is 44.3 Å². The van der Waals surface area contributed by atoms with Crippen LogP contribution in [0.1, 0.15) is 16.5 Å². The van der Waals surface area contributed by atoms with Crippen molar-refractivity contribution >= 4 is 70.8 Å². The normalized spacial score (nSPS) is 13.7. The molecule has 0 radical (unpaired) electrons. The molecule has 3 heterocycles. The van der Waals surface area contributed by atoms with E-state index in [4.69, 9.17) is 17.0 Å². The first-order valence-corrected chi connectivity index (χ1v) is 17.2. The fourth-order valence-corrected chi connectivity index (χ4v) is 8.40. The van der Waals surface area contributed by atoms with Gasteiger partial charge in [-0.1, -0.05) is 133 Å². The van der Waals surface area contributed by atoms with E-state index in [0.29, 0.717) is 27.9 Å². The van der Waals surface area contributed by atoms with Crippen molar-refractivity contribution in [2.45, 2.75) is 0 Å². The van der Waals surface area contributed by atoms with Crippen LogP contribution in [0.3, 0.4) is 0 Å². The van der Waals surface area contributed by atoms with E-state index in [1.54, 1.807) is 30.5 Å². The lowest BCUT2D eigenvalue weighted by molar-refractivity contribution is 1.13. The van der Waals surface area contributed by atoms with Gasteiger partial charge in [-0.3, -0.25) is 4.98 Å². The Kier molecular flexibility index (Phi) is 4.84. The van der Waals surface area contributed by atoms with Gasteiger partial charge in [0.2, 0.25) is 5.69 Å². The first-order chi connectivity index (χ1) is 30.1. The third-order valence-corrected chi connectivity index (χ3v) is 10.5. The highest BCUT2D eigenvalue weighted by molar-refractivity contribution is 6.34. The van der Waals surface area contributed by atoms with Gasteiger partial charge >= 0.3 is 0 Å². The summed E-state index contributed by atoms with van der Waals surface area (Å²) >= 11 is 0. The summed E-state index contributed by atoms with van der Waals surface area (Å²) in [5.74, 6) is 0. The molecule has 54 heavy (non-hydrogen) atoms. The third kappa shape index (κ3) is 3.93. The summed E-state index contributed by atoms with van der Waals surface area (Å²) in [4.78, 5) is 9.05. The summed E-state index contributed by atoms with van der Waals surface area (Å²) in [6.45, 7) is 9.04. The number of nitriles is 1. The molecule has 3 aromatic heterocycles. The molecule has 11 rings (SSSR count). The van der Waals surface area contributed by atoms with E-state index >= 15 is 0 Å². The molecule has 0 amide bonds. The maximum atomic E-state index is 11.6. The van der Waals surface area contributed by atoms with Crippen LogP contribution in [0.4, 0.5) is 5.69 Å². The fraction of sp³-hybridized carbons (Fsp3) is 0. The fourth-order valence-electron chi connectivity index (χ4n) is 8.40. The number of pyridine rings is 1. The van der Waals surface area contributed by atoms with Gasteiger partial charge in [0, 0.05) is 44.3 Å². The Morgan fingerprint density at radius 1 is 0.537 bits per heavy atom. The smallest absolute Gasteiger partial charge is 0.220 e. The van der Waals surface area contributed by atoms with Crippen LogP contribution in [0.15, 0.2) is 164 Å². The van der Waals surface area contributed by atoms with E-state index in [9.17, 15) is 10.7 Å². The maximum absolute atomic E-state index is 11.6. The third-order valence-electron chi connectivity index (χ3n) is 10.5. The van der Waals surface area contributed by atoms with Gasteiger partial charge < -0.3 is 9.13 Å². The highest BCUT2D eigenvalue weighted by atomic mass is 15.0. The van der Waals surface area contributed by atoms with Crippen LogP contribution in [-0.4, -0.2) is 14.1 Å². The highest BCUT2D eigenvalue weighted by Crippen LogP contribution is 2.53. The second-order valence-corrected chi connectivity index (χ2v) is 13.1. The summed E-state index contributed by atoms with van der Waals surface area (Å²) in [6, 6.07) is 30.3. The topological polar surface area (TPSA) is 50.9 Å². The zero-order valence-corrected chi connectivity index (χ0v) is 28.2. The van der Waals surface area contributed by atoms with Gasteiger partial charge in [-0.2, -0.15) is 5.26 Å². The van der Waals surface area contributed by atoms with Crippen LogP contribution in [-0.2, 0) is 0 Å². The molecule has 0 bridgehead atoms. The molecule has 11 aromatic rings. The number of hydrogen-bond acceptors (Lipinski definition) is 2. The molecular formula is C49H27N5. The Labute approximate surface area is 321 Å². The average Bonchev–Trinajstić information content (AvgIpc) is 3.85.